The number of amides is 2. The number of carboxylic acid groups (broad SMARTS) is 1. The maximum Gasteiger partial charge on any atom is 0.336 e. The van der Waals surface area contributed by atoms with Crippen LogP contribution in [0.3, 0.4) is 0 Å². The normalized spacial score (nSPS) is 16.3. The van der Waals surface area contributed by atoms with Crippen molar-refractivity contribution in [3.8, 4) is 11.5 Å². The van der Waals surface area contributed by atoms with Crippen LogP contribution in [0, 0.1) is 0 Å². The molecule has 0 radical (unpaired) electrons. The molecule has 3 aromatic rings. The van der Waals surface area contributed by atoms with Crippen molar-refractivity contribution in [1.82, 2.24) is 10.2 Å². The fourth-order valence-corrected chi connectivity index (χ4v) is 8.49. The molecule has 5 rings (SSSR count). The van der Waals surface area contributed by atoms with E-state index in [1.807, 2.05) is 6.92 Å². The number of hydrogen-bond donors (Lipinski definition) is 4. The number of nitrogens with one attached hydrogen (secondary N) is 1. The largest absolute Gasteiger partial charge is 0.744 e. The number of likely N-dealkylation sites (tertiary alicyclic amines) is 1. The van der Waals surface area contributed by atoms with Crippen LogP contribution in [0.2, 0.25) is 0 Å². The molecule has 0 bridgehead atoms. The standard InChI is InChI=1S/C33H34N4O12S3/c1-3-4-12-36-31(37-24(38)15-23(32(37)40)50-13-11-34)26(39)17-6-8-18(33(41)42)21(14-17)25-19-7-5-16(2)29(51(43,44)45)27(19)49-28-20(25)9-10-22(35)30(28)52(46,47)48/h5-10,14,23,31,36H,2-4,11-13,15,34-35H2,1H3,(H,41,42)(H,43,44,45)(H,46,47,48)/p-2. The van der Waals surface area contributed by atoms with Crippen molar-refractivity contribution >= 4 is 73.4 Å². The third-order valence-corrected chi connectivity index (χ3v) is 11.4. The van der Waals surface area contributed by atoms with E-state index >= 15 is 0 Å². The number of carbonyl (C=O) groups excluding carboxylic acids is 3. The maximum atomic E-state index is 14.3. The zero-order chi connectivity index (χ0) is 38.3. The zero-order valence-electron chi connectivity index (χ0n) is 27.4. The Morgan fingerprint density at radius 3 is 2.37 bits per heavy atom. The summed E-state index contributed by atoms with van der Waals surface area (Å²) in [6.45, 7) is 5.91. The van der Waals surface area contributed by atoms with E-state index in [1.54, 1.807) is 0 Å². The van der Waals surface area contributed by atoms with Crippen LogP contribution < -0.4 is 32.0 Å². The lowest BCUT2D eigenvalue weighted by Gasteiger charge is -2.28. The van der Waals surface area contributed by atoms with E-state index in [1.165, 1.54) is 23.9 Å². The van der Waals surface area contributed by atoms with Crippen LogP contribution in [-0.4, -0.2) is 89.8 Å². The van der Waals surface area contributed by atoms with Crippen molar-refractivity contribution in [3.05, 3.63) is 75.2 Å². The second kappa shape index (κ2) is 14.8. The summed E-state index contributed by atoms with van der Waals surface area (Å²) in [5, 5.41) is 11.9. The fourth-order valence-electron chi connectivity index (χ4n) is 6.05. The molecule has 2 atom stereocenters. The molecule has 276 valence electrons. The molecule has 0 saturated carbocycles. The van der Waals surface area contributed by atoms with E-state index in [4.69, 9.17) is 16.2 Å². The van der Waals surface area contributed by atoms with Gasteiger partial charge in [-0.3, -0.25) is 24.6 Å². The van der Waals surface area contributed by atoms with E-state index < -0.39 is 87.8 Å². The van der Waals surface area contributed by atoms with Crippen LogP contribution in [0.1, 0.15) is 58.0 Å². The number of ether oxygens (including phenoxy) is 1. The van der Waals surface area contributed by atoms with Gasteiger partial charge >= 0.3 is 5.97 Å². The minimum absolute atomic E-state index is 0.176. The Morgan fingerprint density at radius 1 is 1.06 bits per heavy atom. The van der Waals surface area contributed by atoms with E-state index in [0.717, 1.165) is 35.2 Å². The van der Waals surface area contributed by atoms with Gasteiger partial charge in [-0.05, 0) is 54.1 Å². The molecule has 19 heteroatoms. The summed E-state index contributed by atoms with van der Waals surface area (Å²) in [5.74, 6) is -4.77. The number of carbonyl (C=O) groups is 4. The van der Waals surface area contributed by atoms with Crippen LogP contribution in [0.5, 0.6) is 11.5 Å². The number of nitrogen functional groups attached to an aromatic ring is 1. The van der Waals surface area contributed by atoms with Gasteiger partial charge in [-0.15, -0.1) is 11.8 Å². The van der Waals surface area contributed by atoms with Crippen LogP contribution in [-0.2, 0) is 29.8 Å². The Bertz CT molecular complexity index is 2360. The number of thioether (sulfide) groups is 1. The number of fused-ring (bicyclic) bond motifs is 2. The highest BCUT2D eigenvalue weighted by Gasteiger charge is 2.45. The summed E-state index contributed by atoms with van der Waals surface area (Å²) in [5.41, 5.74) is 9.33. The van der Waals surface area contributed by atoms with Gasteiger partial charge in [0.15, 0.2) is 17.7 Å². The summed E-state index contributed by atoms with van der Waals surface area (Å²) in [6, 6.07) is 7.90. The first kappa shape index (κ1) is 38.6. The number of ketones is 1. The number of rotatable bonds is 14. The predicted octanol–water partition coefficient (Wildman–Crippen LogP) is 0.256. The molecule has 2 aliphatic rings. The minimum atomic E-state index is -5.46. The third kappa shape index (κ3) is 7.20. The Morgan fingerprint density at radius 2 is 1.75 bits per heavy atom. The Hall–Kier alpha value is -4.63. The number of nitrogens with zero attached hydrogens (tertiary/aromatic N) is 1. The van der Waals surface area contributed by atoms with Crippen molar-refractivity contribution in [2.45, 2.75) is 47.4 Å². The monoisotopic (exact) mass is 772 g/mol. The molecule has 0 aromatic heterocycles. The van der Waals surface area contributed by atoms with Gasteiger partial charge < -0.3 is 30.4 Å². The highest BCUT2D eigenvalue weighted by atomic mass is 32.2. The van der Waals surface area contributed by atoms with Gasteiger partial charge in [0.1, 0.15) is 30.0 Å². The predicted molar refractivity (Wildman–Crippen MR) is 186 cm³/mol. The van der Waals surface area contributed by atoms with Crippen LogP contribution in [0.15, 0.2) is 52.3 Å². The average molecular weight is 773 g/mol. The van der Waals surface area contributed by atoms with E-state index in [2.05, 4.69) is 11.9 Å². The summed E-state index contributed by atoms with van der Waals surface area (Å²) in [4.78, 5) is 52.3. The van der Waals surface area contributed by atoms with Gasteiger partial charge in [0.25, 0.3) is 0 Å². The number of imide groups is 1. The lowest BCUT2D eigenvalue weighted by atomic mass is 9.87. The number of hydrogen-bond acceptors (Lipinski definition) is 15. The van der Waals surface area contributed by atoms with Gasteiger partial charge in [0.2, 0.25) is 17.6 Å². The average Bonchev–Trinajstić information content (AvgIpc) is 3.34. The molecule has 52 heavy (non-hydrogen) atoms. The zero-order valence-corrected chi connectivity index (χ0v) is 29.9. The fraction of sp³-hybridized carbons (Fsp3) is 0.273. The first-order valence-electron chi connectivity index (χ1n) is 15.6. The van der Waals surface area contributed by atoms with Crippen molar-refractivity contribution in [3.63, 3.8) is 0 Å². The third-order valence-electron chi connectivity index (χ3n) is 8.34. The number of nitrogens with two attached hydrogens (primary N) is 2. The summed E-state index contributed by atoms with van der Waals surface area (Å²) in [6.07, 6.45) is -0.429. The number of aromatic carboxylic acids is 1. The van der Waals surface area contributed by atoms with Crippen LogP contribution in [0.25, 0.3) is 12.2 Å². The summed E-state index contributed by atoms with van der Waals surface area (Å²) >= 11 is 1.17. The highest BCUT2D eigenvalue weighted by molar-refractivity contribution is 8.00. The molecule has 1 saturated heterocycles. The SMILES string of the molecule is C=c1ccc2c(c1S(=O)(=O)[O-])Oc1c(ccc(N)c1S(=O)(=O)[O-])C=2c1cc(C(=O)C(NCCCC)N2C(=O)CC(SCCN)C2=O)ccc1C(=O)O. The van der Waals surface area contributed by atoms with Crippen molar-refractivity contribution in [2.24, 2.45) is 5.73 Å². The number of unbranched alkanes of at least 4 members (excludes halogenated alkanes) is 1. The lowest BCUT2D eigenvalue weighted by Crippen LogP contribution is -2.54. The van der Waals surface area contributed by atoms with Gasteiger partial charge in [0.05, 0.1) is 16.5 Å². The summed E-state index contributed by atoms with van der Waals surface area (Å²) < 4.78 is 80.5. The van der Waals surface area contributed by atoms with Gasteiger partial charge in [-0.2, -0.15) is 0 Å². The molecule has 2 heterocycles. The van der Waals surface area contributed by atoms with E-state index in [9.17, 15) is 50.2 Å². The van der Waals surface area contributed by atoms with Gasteiger partial charge in [0, 0.05) is 40.6 Å². The molecule has 0 aliphatic carbocycles. The number of carboxylic acids is 1. The second-order valence-electron chi connectivity index (χ2n) is 11.8. The second-order valence-corrected chi connectivity index (χ2v) is 15.7. The lowest BCUT2D eigenvalue weighted by molar-refractivity contribution is -0.140. The smallest absolute Gasteiger partial charge is 0.336 e. The molecule has 1 fully saturated rings. The molecule has 2 amide bonds. The Labute approximate surface area is 302 Å². The Kier molecular flexibility index (Phi) is 11.0. The van der Waals surface area contributed by atoms with Gasteiger partial charge in [-0.25, -0.2) is 21.6 Å². The van der Waals surface area contributed by atoms with E-state index in [0.29, 0.717) is 18.6 Å². The number of anilines is 1. The highest BCUT2D eigenvalue weighted by Crippen LogP contribution is 2.44. The summed E-state index contributed by atoms with van der Waals surface area (Å²) in [7, 11) is -10.9. The maximum absolute atomic E-state index is 14.3. The first-order valence-corrected chi connectivity index (χ1v) is 19.5. The Balaban J connectivity index is 1.82. The topological polar surface area (TPSA) is 279 Å². The van der Waals surface area contributed by atoms with E-state index in [-0.39, 0.29) is 52.2 Å². The minimum Gasteiger partial charge on any atom is -0.744 e. The molecule has 0 spiro atoms. The molecule has 2 aliphatic heterocycles. The molecular formula is C33H32N4O12S3-2. The van der Waals surface area contributed by atoms with Crippen LogP contribution in [0.4, 0.5) is 5.69 Å². The number of Topliss-reactive ketones (excluding diaryl/α,β-unsaturated/α-hetero) is 1. The molecule has 3 aromatic carbocycles. The van der Waals surface area contributed by atoms with Crippen molar-refractivity contribution < 1.29 is 55.0 Å². The van der Waals surface area contributed by atoms with Crippen molar-refractivity contribution in [1.29, 1.82) is 0 Å². The molecule has 2 unspecified atom stereocenters. The quantitative estimate of drug-likeness (QED) is 0.0440. The molecular weight excluding hydrogens is 741 g/mol. The van der Waals surface area contributed by atoms with Crippen LogP contribution >= 0.6 is 11.8 Å². The molecule has 6 N–H and O–H groups in total. The molecule has 16 nitrogen and oxygen atoms in total. The first-order chi connectivity index (χ1) is 24.4. The number of benzene rings is 3. The van der Waals surface area contributed by atoms with Crippen molar-refractivity contribution in [2.75, 3.05) is 24.6 Å². The van der Waals surface area contributed by atoms with Gasteiger partial charge in [-0.1, -0.05) is 32.1 Å².